The lowest BCUT2D eigenvalue weighted by Crippen LogP contribution is -2.32. The van der Waals surface area contributed by atoms with Crippen LogP contribution in [0.4, 0.5) is 0 Å². The van der Waals surface area contributed by atoms with Gasteiger partial charge in [0, 0.05) is 25.2 Å². The summed E-state index contributed by atoms with van der Waals surface area (Å²) in [5.41, 5.74) is 1.50. The zero-order chi connectivity index (χ0) is 30.5. The first-order valence-corrected chi connectivity index (χ1v) is 13.8. The van der Waals surface area contributed by atoms with E-state index in [1.807, 2.05) is 31.2 Å². The Balaban J connectivity index is 1.21. The number of carbonyl (C=O) groups excluding carboxylic acids is 2. The molecule has 0 aliphatic carbocycles. The van der Waals surface area contributed by atoms with Crippen LogP contribution >= 0.6 is 0 Å². The van der Waals surface area contributed by atoms with E-state index in [4.69, 9.17) is 23.7 Å². The number of hydrogen-bond acceptors (Lipinski definition) is 10. The maximum absolute atomic E-state index is 13.3. The van der Waals surface area contributed by atoms with Crippen molar-refractivity contribution in [1.29, 1.82) is 0 Å². The van der Waals surface area contributed by atoms with Crippen molar-refractivity contribution < 1.29 is 38.4 Å². The number of para-hydroxylation sites is 1. The molecule has 0 fully saturated rings. The van der Waals surface area contributed by atoms with Crippen LogP contribution in [0.2, 0.25) is 0 Å². The van der Waals surface area contributed by atoms with Gasteiger partial charge in [0.25, 0.3) is 5.56 Å². The summed E-state index contributed by atoms with van der Waals surface area (Å²) in [7, 11) is 2.97. The van der Waals surface area contributed by atoms with Gasteiger partial charge < -0.3 is 38.7 Å². The lowest BCUT2D eigenvalue weighted by Gasteiger charge is -2.17. The molecule has 0 bridgehead atoms. The average Bonchev–Trinajstić information content (AvgIpc) is 3.13. The van der Waals surface area contributed by atoms with Gasteiger partial charge in [0.05, 0.1) is 30.2 Å². The van der Waals surface area contributed by atoms with Crippen LogP contribution in [-0.2, 0) is 16.6 Å². The van der Waals surface area contributed by atoms with Gasteiger partial charge in [0.2, 0.25) is 0 Å². The summed E-state index contributed by atoms with van der Waals surface area (Å²) in [6.45, 7) is 3.62. The van der Waals surface area contributed by atoms with Crippen LogP contribution in [0.3, 0.4) is 0 Å². The fourth-order valence-corrected chi connectivity index (χ4v) is 4.77. The zero-order valence-corrected chi connectivity index (χ0v) is 24.0. The number of aryl methyl sites for hydroxylation is 1. The van der Waals surface area contributed by atoms with Crippen LogP contribution in [0.15, 0.2) is 65.5 Å². The number of nitrogens with one attached hydrogen (secondary N) is 1. The van der Waals surface area contributed by atoms with E-state index in [0.29, 0.717) is 48.9 Å². The molecule has 3 aromatic carbocycles. The number of ether oxygens (including phenoxy) is 5. The van der Waals surface area contributed by atoms with Crippen molar-refractivity contribution in [2.75, 3.05) is 33.4 Å². The highest BCUT2D eigenvalue weighted by molar-refractivity contribution is 6.32. The second-order valence-corrected chi connectivity index (χ2v) is 10.0. The summed E-state index contributed by atoms with van der Waals surface area (Å²) in [5, 5.41) is 13.8. The van der Waals surface area contributed by atoms with Crippen LogP contribution in [0.25, 0.3) is 22.0 Å². The summed E-state index contributed by atoms with van der Waals surface area (Å²) < 4.78 is 28.8. The van der Waals surface area contributed by atoms with E-state index < -0.39 is 18.0 Å². The van der Waals surface area contributed by atoms with Gasteiger partial charge in [-0.15, -0.1) is 0 Å². The number of esters is 2. The third kappa shape index (κ3) is 6.47. The number of benzene rings is 3. The predicted molar refractivity (Wildman–Crippen MR) is 158 cm³/mol. The van der Waals surface area contributed by atoms with Gasteiger partial charge in [-0.05, 0) is 61.9 Å². The summed E-state index contributed by atoms with van der Waals surface area (Å²) in [4.78, 5) is 37.9. The largest absolute Gasteiger partial charge is 0.497 e. The van der Waals surface area contributed by atoms with E-state index in [1.54, 1.807) is 31.3 Å². The highest BCUT2D eigenvalue weighted by Gasteiger charge is 2.32. The summed E-state index contributed by atoms with van der Waals surface area (Å²) in [6, 6.07) is 17.6. The van der Waals surface area contributed by atoms with Gasteiger partial charge in [-0.3, -0.25) is 4.79 Å². The molecule has 4 aromatic rings. The van der Waals surface area contributed by atoms with E-state index in [0.717, 1.165) is 11.3 Å². The average molecular weight is 589 g/mol. The summed E-state index contributed by atoms with van der Waals surface area (Å²) in [6.07, 6.45) is 0.0582. The summed E-state index contributed by atoms with van der Waals surface area (Å²) >= 11 is 0. The zero-order valence-electron chi connectivity index (χ0n) is 24.0. The second kappa shape index (κ2) is 13.0. The topological polar surface area (TPSA) is 135 Å². The molecule has 0 spiro atoms. The Kier molecular flexibility index (Phi) is 8.93. The van der Waals surface area contributed by atoms with Crippen LogP contribution < -0.4 is 34.6 Å². The van der Waals surface area contributed by atoms with Crippen molar-refractivity contribution in [1.82, 2.24) is 9.88 Å². The molecule has 1 atom stereocenters. The molecule has 2 N–H and O–H groups in total. The van der Waals surface area contributed by atoms with Crippen molar-refractivity contribution in [2.45, 2.75) is 19.4 Å². The molecular weight excluding hydrogens is 556 g/mol. The van der Waals surface area contributed by atoms with E-state index in [-0.39, 0.29) is 34.4 Å². The molecule has 0 saturated heterocycles. The smallest absolute Gasteiger partial charge is 0.423 e. The first kappa shape index (κ1) is 29.6. The molecule has 1 aliphatic heterocycles. The Morgan fingerprint density at radius 2 is 1.70 bits per heavy atom. The number of aromatic nitrogens is 1. The van der Waals surface area contributed by atoms with Crippen LogP contribution in [-0.4, -0.2) is 61.1 Å². The molecule has 1 unspecified atom stereocenters. The predicted octanol–water partition coefficient (Wildman–Crippen LogP) is 3.15. The Morgan fingerprint density at radius 3 is 2.44 bits per heavy atom. The quantitative estimate of drug-likeness (QED) is 0.110. The van der Waals surface area contributed by atoms with Gasteiger partial charge in [-0.1, -0.05) is 18.2 Å². The van der Waals surface area contributed by atoms with Gasteiger partial charge in [-0.25, -0.2) is 9.59 Å². The Hall–Kier alpha value is -4.87. The molecule has 11 heteroatoms. The molecule has 0 radical (unpaired) electrons. The minimum atomic E-state index is -1.20. The van der Waals surface area contributed by atoms with Crippen molar-refractivity contribution in [3.63, 3.8) is 0 Å². The number of nitrogens with zero attached hydrogens (tertiary/aromatic N) is 1. The summed E-state index contributed by atoms with van der Waals surface area (Å²) in [5.74, 6) is -0.704. The first-order valence-electron chi connectivity index (χ1n) is 13.8. The minimum Gasteiger partial charge on any atom is -0.497 e. The Bertz CT molecular complexity index is 1710. The van der Waals surface area contributed by atoms with Gasteiger partial charge in [-0.2, -0.15) is 0 Å². The number of aliphatic hydroxyl groups is 1. The van der Waals surface area contributed by atoms with Crippen LogP contribution in [0, 0.1) is 6.92 Å². The number of methoxy groups -OCH3 is 1. The normalized spacial score (nSPS) is 13.2. The van der Waals surface area contributed by atoms with Gasteiger partial charge in [0.1, 0.15) is 35.7 Å². The van der Waals surface area contributed by atoms with Crippen LogP contribution in [0.1, 0.15) is 12.0 Å². The van der Waals surface area contributed by atoms with E-state index in [1.165, 1.54) is 23.8 Å². The van der Waals surface area contributed by atoms with Crippen molar-refractivity contribution in [2.24, 2.45) is 7.05 Å². The molecule has 0 amide bonds. The Morgan fingerprint density at radius 1 is 0.953 bits per heavy atom. The lowest BCUT2D eigenvalue weighted by molar-refractivity contribution is -0.155. The fourth-order valence-electron chi connectivity index (χ4n) is 4.77. The second-order valence-electron chi connectivity index (χ2n) is 10.0. The van der Waals surface area contributed by atoms with Crippen molar-refractivity contribution >= 4 is 22.7 Å². The number of rotatable bonds is 12. The molecule has 43 heavy (non-hydrogen) atoms. The van der Waals surface area contributed by atoms with E-state index in [9.17, 15) is 19.5 Å². The first-order chi connectivity index (χ1) is 20.8. The van der Waals surface area contributed by atoms with Crippen molar-refractivity contribution in [3.8, 4) is 40.0 Å². The molecule has 224 valence electrons. The van der Waals surface area contributed by atoms with E-state index >= 15 is 0 Å². The minimum absolute atomic E-state index is 0.000880. The van der Waals surface area contributed by atoms with Gasteiger partial charge >= 0.3 is 11.9 Å². The number of pyridine rings is 1. The highest BCUT2D eigenvalue weighted by atomic mass is 16.6. The molecule has 2 heterocycles. The maximum atomic E-state index is 13.3. The maximum Gasteiger partial charge on any atom is 0.423 e. The molecule has 5 rings (SSSR count). The standard InChI is InChI=1S/C32H32N2O9/c1-19-7-4-5-8-25(19)41-18-21(35)17-33-13-6-14-40-22-11-9-20(10-12-22)28-29-27-24(30(36)34(28)2)15-23(39-3)16-26(27)42-31(37)32(38)43-29/h4-5,7-12,15-16,21,33,35H,6,13-14,17-18H2,1-3H3. The monoisotopic (exact) mass is 588 g/mol. The number of aliphatic hydroxyl groups excluding tert-OH is 1. The molecule has 1 aromatic heterocycles. The molecular formula is C32H32N2O9. The third-order valence-electron chi connectivity index (χ3n) is 6.99. The third-order valence-corrected chi connectivity index (χ3v) is 6.99. The lowest BCUT2D eigenvalue weighted by atomic mass is 10.0. The Labute approximate surface area is 247 Å². The molecule has 0 saturated carbocycles. The number of carbonyl (C=O) groups is 2. The van der Waals surface area contributed by atoms with Crippen LogP contribution in [0.5, 0.6) is 28.7 Å². The number of hydrogen-bond donors (Lipinski definition) is 2. The van der Waals surface area contributed by atoms with Crippen molar-refractivity contribution in [3.05, 3.63) is 76.6 Å². The molecule has 1 aliphatic rings. The highest BCUT2D eigenvalue weighted by Crippen LogP contribution is 2.43. The van der Waals surface area contributed by atoms with Gasteiger partial charge in [0.15, 0.2) is 5.75 Å². The molecule has 11 nitrogen and oxygen atoms in total. The van der Waals surface area contributed by atoms with E-state index in [2.05, 4.69) is 5.32 Å². The fraction of sp³-hybridized carbons (Fsp3) is 0.281. The SMILES string of the molecule is COc1cc2c3c(c(-c4ccc(OCCCNCC(O)COc5ccccc5C)cc4)n(C)c(=O)c3c1)OC(=O)C(=O)O2.